The first-order valence-corrected chi connectivity index (χ1v) is 9.25. The van der Waals surface area contributed by atoms with Gasteiger partial charge in [-0.1, -0.05) is 22.0 Å². The Bertz CT molecular complexity index is 1050. The van der Waals surface area contributed by atoms with Gasteiger partial charge in [-0.25, -0.2) is 10.2 Å². The van der Waals surface area contributed by atoms with Gasteiger partial charge in [-0.3, -0.25) is 9.78 Å². The minimum Gasteiger partial charge on any atom is -0.493 e. The molecule has 0 aliphatic heterocycles. The van der Waals surface area contributed by atoms with E-state index in [-0.39, 0.29) is 11.7 Å². The average Bonchev–Trinajstić information content (AvgIpc) is 2.75. The van der Waals surface area contributed by atoms with Crippen LogP contribution in [0.3, 0.4) is 0 Å². The number of halogens is 1. The number of hydrogen-bond acceptors (Lipinski definition) is 6. The van der Waals surface area contributed by atoms with E-state index in [0.717, 1.165) is 4.47 Å². The number of nitrogens with zero attached hydrogens (tertiary/aromatic N) is 2. The van der Waals surface area contributed by atoms with Crippen molar-refractivity contribution in [3.63, 3.8) is 0 Å². The molecule has 0 aliphatic carbocycles. The van der Waals surface area contributed by atoms with E-state index in [4.69, 9.17) is 9.47 Å². The van der Waals surface area contributed by atoms with Gasteiger partial charge < -0.3 is 9.47 Å². The number of hydrogen-bond donors (Lipinski definition) is 1. The van der Waals surface area contributed by atoms with Crippen LogP contribution in [0.5, 0.6) is 11.5 Å². The lowest BCUT2D eigenvalue weighted by atomic mass is 10.2. The Morgan fingerprint density at radius 2 is 1.83 bits per heavy atom. The summed E-state index contributed by atoms with van der Waals surface area (Å²) in [4.78, 5) is 28.1. The van der Waals surface area contributed by atoms with Crippen molar-refractivity contribution in [2.24, 2.45) is 5.10 Å². The van der Waals surface area contributed by atoms with Crippen LogP contribution in [0.15, 0.2) is 76.6 Å². The van der Waals surface area contributed by atoms with Gasteiger partial charge in [-0.05, 0) is 54.1 Å². The van der Waals surface area contributed by atoms with E-state index in [9.17, 15) is 9.59 Å². The molecule has 0 fully saturated rings. The third-order valence-corrected chi connectivity index (χ3v) is 4.27. The Morgan fingerprint density at radius 3 is 2.55 bits per heavy atom. The SMILES string of the molecule is COc1cc(/C=N/NC(=O)c2ccncc2)ccc1OC(=O)c1cccc(Br)c1. The molecule has 0 atom stereocenters. The third kappa shape index (κ3) is 5.49. The van der Waals surface area contributed by atoms with Gasteiger partial charge in [-0.15, -0.1) is 0 Å². The Morgan fingerprint density at radius 1 is 1.03 bits per heavy atom. The number of hydrazone groups is 1. The third-order valence-electron chi connectivity index (χ3n) is 3.77. The molecule has 7 nitrogen and oxygen atoms in total. The lowest BCUT2D eigenvalue weighted by Crippen LogP contribution is -2.17. The first-order valence-electron chi connectivity index (χ1n) is 8.46. The summed E-state index contributed by atoms with van der Waals surface area (Å²) in [7, 11) is 1.47. The molecule has 1 heterocycles. The molecular formula is C21H16BrN3O4. The van der Waals surface area contributed by atoms with Crippen molar-refractivity contribution in [1.82, 2.24) is 10.4 Å². The van der Waals surface area contributed by atoms with Crippen LogP contribution in [0.25, 0.3) is 0 Å². The van der Waals surface area contributed by atoms with E-state index in [1.54, 1.807) is 48.5 Å². The summed E-state index contributed by atoms with van der Waals surface area (Å²) in [6, 6.07) is 15.0. The van der Waals surface area contributed by atoms with Crippen molar-refractivity contribution < 1.29 is 19.1 Å². The molecule has 146 valence electrons. The van der Waals surface area contributed by atoms with Gasteiger partial charge in [0.05, 0.1) is 18.9 Å². The van der Waals surface area contributed by atoms with Crippen molar-refractivity contribution in [1.29, 1.82) is 0 Å². The number of nitrogens with one attached hydrogen (secondary N) is 1. The molecule has 0 bridgehead atoms. The molecule has 3 aromatic rings. The molecular weight excluding hydrogens is 438 g/mol. The van der Waals surface area contributed by atoms with Crippen LogP contribution in [0.2, 0.25) is 0 Å². The van der Waals surface area contributed by atoms with Gasteiger partial charge in [0, 0.05) is 22.4 Å². The fourth-order valence-electron chi connectivity index (χ4n) is 2.36. The van der Waals surface area contributed by atoms with Crippen LogP contribution in [-0.4, -0.2) is 30.2 Å². The number of ether oxygens (including phenoxy) is 2. The second-order valence-corrected chi connectivity index (χ2v) is 6.66. The smallest absolute Gasteiger partial charge is 0.343 e. The maximum atomic E-state index is 12.3. The number of carbonyl (C=O) groups excluding carboxylic acids is 2. The number of esters is 1. The summed E-state index contributed by atoms with van der Waals surface area (Å²) in [5.41, 5.74) is 3.94. The molecule has 0 unspecified atom stereocenters. The maximum absolute atomic E-state index is 12.3. The molecule has 0 spiro atoms. The van der Waals surface area contributed by atoms with Gasteiger partial charge in [0.25, 0.3) is 5.91 Å². The highest BCUT2D eigenvalue weighted by Crippen LogP contribution is 2.28. The second kappa shape index (κ2) is 9.61. The van der Waals surface area contributed by atoms with Gasteiger partial charge >= 0.3 is 5.97 Å². The highest BCUT2D eigenvalue weighted by Gasteiger charge is 2.13. The number of carbonyl (C=O) groups is 2. The fourth-order valence-corrected chi connectivity index (χ4v) is 2.76. The monoisotopic (exact) mass is 453 g/mol. The number of rotatable bonds is 6. The maximum Gasteiger partial charge on any atom is 0.343 e. The van der Waals surface area contributed by atoms with Crippen molar-refractivity contribution in [3.8, 4) is 11.5 Å². The normalized spacial score (nSPS) is 10.6. The quantitative estimate of drug-likeness (QED) is 0.265. The van der Waals surface area contributed by atoms with Gasteiger partial charge in [-0.2, -0.15) is 5.10 Å². The Kier molecular flexibility index (Phi) is 6.70. The highest BCUT2D eigenvalue weighted by atomic mass is 79.9. The first-order chi connectivity index (χ1) is 14.1. The Balaban J connectivity index is 1.68. The molecule has 1 N–H and O–H groups in total. The van der Waals surface area contributed by atoms with E-state index in [2.05, 4.69) is 31.4 Å². The molecule has 3 rings (SSSR count). The van der Waals surface area contributed by atoms with Crippen molar-refractivity contribution in [2.45, 2.75) is 0 Å². The molecule has 8 heteroatoms. The van der Waals surface area contributed by atoms with Crippen LogP contribution in [-0.2, 0) is 0 Å². The zero-order valence-electron chi connectivity index (χ0n) is 15.3. The molecule has 1 aromatic heterocycles. The molecule has 1 amide bonds. The van der Waals surface area contributed by atoms with E-state index in [0.29, 0.717) is 22.4 Å². The minimum absolute atomic E-state index is 0.274. The number of pyridine rings is 1. The number of methoxy groups -OCH3 is 1. The topological polar surface area (TPSA) is 89.9 Å². The van der Waals surface area contributed by atoms with Crippen molar-refractivity contribution >= 4 is 34.0 Å². The average molecular weight is 454 g/mol. The number of amides is 1. The summed E-state index contributed by atoms with van der Waals surface area (Å²) in [5.74, 6) is -0.223. The predicted octanol–water partition coefficient (Wildman–Crippen LogP) is 3.84. The van der Waals surface area contributed by atoms with Crippen LogP contribution >= 0.6 is 15.9 Å². The van der Waals surface area contributed by atoms with Crippen LogP contribution in [0.4, 0.5) is 0 Å². The largest absolute Gasteiger partial charge is 0.493 e. The summed E-state index contributed by atoms with van der Waals surface area (Å²) in [6.45, 7) is 0. The zero-order valence-corrected chi connectivity index (χ0v) is 16.9. The lowest BCUT2D eigenvalue weighted by Gasteiger charge is -2.10. The standard InChI is InChI=1S/C21H16BrN3O4/c1-28-19-11-14(13-24-25-20(26)15-7-9-23-10-8-15)5-6-18(19)29-21(27)16-3-2-4-17(22)12-16/h2-13H,1H3,(H,25,26)/b24-13+. The highest BCUT2D eigenvalue weighted by molar-refractivity contribution is 9.10. The van der Waals surface area contributed by atoms with E-state index < -0.39 is 5.97 Å². The molecule has 0 aliphatic rings. The van der Waals surface area contributed by atoms with Crippen LogP contribution in [0.1, 0.15) is 26.3 Å². The lowest BCUT2D eigenvalue weighted by molar-refractivity contribution is 0.0729. The van der Waals surface area contributed by atoms with Crippen LogP contribution < -0.4 is 14.9 Å². The molecule has 2 aromatic carbocycles. The summed E-state index contributed by atoms with van der Waals surface area (Å²) in [6.07, 6.45) is 4.51. The first kappa shape index (κ1) is 20.2. The van der Waals surface area contributed by atoms with Crippen LogP contribution in [0, 0.1) is 0 Å². The van der Waals surface area contributed by atoms with Gasteiger partial charge in [0.1, 0.15) is 0 Å². The van der Waals surface area contributed by atoms with Crippen molar-refractivity contribution in [2.75, 3.05) is 7.11 Å². The summed E-state index contributed by atoms with van der Waals surface area (Å²) < 4.78 is 11.5. The molecule has 0 saturated carbocycles. The van der Waals surface area contributed by atoms with E-state index in [1.165, 1.54) is 25.7 Å². The fraction of sp³-hybridized carbons (Fsp3) is 0.0476. The molecule has 29 heavy (non-hydrogen) atoms. The van der Waals surface area contributed by atoms with Gasteiger partial charge in [0.2, 0.25) is 0 Å². The molecule has 0 radical (unpaired) electrons. The second-order valence-electron chi connectivity index (χ2n) is 5.75. The number of aromatic nitrogens is 1. The van der Waals surface area contributed by atoms with E-state index in [1.807, 2.05) is 6.07 Å². The minimum atomic E-state index is -0.504. The predicted molar refractivity (Wildman–Crippen MR) is 111 cm³/mol. The van der Waals surface area contributed by atoms with E-state index >= 15 is 0 Å². The summed E-state index contributed by atoms with van der Waals surface area (Å²) >= 11 is 3.32. The Hall–Kier alpha value is -3.52. The van der Waals surface area contributed by atoms with Gasteiger partial charge in [0.15, 0.2) is 11.5 Å². The molecule has 0 saturated heterocycles. The Labute approximate surface area is 175 Å². The zero-order chi connectivity index (χ0) is 20.6. The van der Waals surface area contributed by atoms with Crippen molar-refractivity contribution in [3.05, 3.63) is 88.2 Å². The summed E-state index contributed by atoms with van der Waals surface area (Å²) in [5, 5.41) is 3.93. The number of benzene rings is 2.